The van der Waals surface area contributed by atoms with E-state index in [9.17, 15) is 18.8 Å². The summed E-state index contributed by atoms with van der Waals surface area (Å²) in [5.74, 6) is -1.12. The fourth-order valence-electron chi connectivity index (χ4n) is 4.11. The van der Waals surface area contributed by atoms with Crippen LogP contribution in [0, 0.1) is 5.82 Å². The van der Waals surface area contributed by atoms with E-state index in [1.807, 2.05) is 6.08 Å². The van der Waals surface area contributed by atoms with Gasteiger partial charge in [0.15, 0.2) is 0 Å². The lowest BCUT2D eigenvalue weighted by Gasteiger charge is -2.19. The minimum absolute atomic E-state index is 0.00994. The Labute approximate surface area is 241 Å². The monoisotopic (exact) mass is 582 g/mol. The first-order valence-electron chi connectivity index (χ1n) is 13.1. The second kappa shape index (κ2) is 12.9. The van der Waals surface area contributed by atoms with Crippen LogP contribution in [0.5, 0.6) is 0 Å². The van der Waals surface area contributed by atoms with E-state index in [-0.39, 0.29) is 31.4 Å². The zero-order valence-electron chi connectivity index (χ0n) is 23.1. The number of allylic oxidation sites excluding steroid dienone is 1. The molecule has 4 rings (SSSR count). The lowest BCUT2D eigenvalue weighted by molar-refractivity contribution is -0.120. The largest absolute Gasteiger partial charge is 0.444 e. The molecule has 12 heteroatoms. The quantitative estimate of drug-likeness (QED) is 0.280. The highest BCUT2D eigenvalue weighted by atomic mass is 35.5. The van der Waals surface area contributed by atoms with Crippen LogP contribution in [0.4, 0.5) is 9.18 Å². The molecule has 0 bridgehead atoms. The standard InChI is InChI=1S/C29H32ClFN6O4/c1-29(2,3)41-28(40)37-16-26(38)35-14-20-5-4-17(12-33-20)8-21-9-18(6-7-32-21)27(39)36-13-19-10-22-23(30)15-34-25(22)11-24(19)31/h4,6-7,9-11,15,34H,5,8,12-14,16H2,1-3H3,(H,35,38)(H,36,39)(H,37,40). The number of rotatable bonds is 9. The van der Waals surface area contributed by atoms with E-state index in [1.54, 1.807) is 51.4 Å². The average molecular weight is 583 g/mol. The van der Waals surface area contributed by atoms with Crippen LogP contribution in [0.3, 0.4) is 0 Å². The maximum absolute atomic E-state index is 14.5. The normalized spacial score (nSPS) is 13.3. The predicted molar refractivity (Wildman–Crippen MR) is 155 cm³/mol. The summed E-state index contributed by atoms with van der Waals surface area (Å²) in [6.45, 7) is 5.77. The highest BCUT2D eigenvalue weighted by Crippen LogP contribution is 2.26. The molecule has 41 heavy (non-hydrogen) atoms. The Morgan fingerprint density at radius 1 is 1.12 bits per heavy atom. The summed E-state index contributed by atoms with van der Waals surface area (Å²) in [7, 11) is 0. The van der Waals surface area contributed by atoms with E-state index < -0.39 is 17.5 Å². The molecule has 1 aromatic carbocycles. The molecule has 3 heterocycles. The SMILES string of the molecule is CC(C)(C)OC(=O)NCC(=O)NCC1=NCC(Cc2cc(C(=O)NCc3cc4c(Cl)c[nH]c4cc3F)ccn2)=CC1. The Balaban J connectivity index is 1.23. The van der Waals surface area contributed by atoms with Crippen LogP contribution < -0.4 is 16.0 Å². The number of halogens is 2. The summed E-state index contributed by atoms with van der Waals surface area (Å²) in [4.78, 5) is 48.3. The number of hydrogen-bond donors (Lipinski definition) is 4. The van der Waals surface area contributed by atoms with Gasteiger partial charge in [0.2, 0.25) is 5.91 Å². The second-order valence-electron chi connectivity index (χ2n) is 10.6. The molecule has 0 unspecified atom stereocenters. The van der Waals surface area contributed by atoms with E-state index >= 15 is 0 Å². The van der Waals surface area contributed by atoms with Crippen LogP contribution in [0.15, 0.2) is 53.3 Å². The molecule has 0 spiro atoms. The summed E-state index contributed by atoms with van der Waals surface area (Å²) in [6.07, 6.45) is 5.62. The minimum atomic E-state index is -0.654. The third-order valence-corrected chi connectivity index (χ3v) is 6.45. The molecule has 3 amide bonds. The van der Waals surface area contributed by atoms with E-state index in [1.165, 1.54) is 6.07 Å². The van der Waals surface area contributed by atoms with Gasteiger partial charge in [-0.3, -0.25) is 19.6 Å². The Bertz CT molecular complexity index is 1530. The Kier molecular flexibility index (Phi) is 9.38. The molecule has 0 saturated heterocycles. The Morgan fingerprint density at radius 3 is 2.66 bits per heavy atom. The van der Waals surface area contributed by atoms with Gasteiger partial charge in [-0.2, -0.15) is 0 Å². The number of hydrogen-bond acceptors (Lipinski definition) is 6. The number of H-pyrrole nitrogens is 1. The number of aromatic nitrogens is 2. The zero-order chi connectivity index (χ0) is 29.6. The van der Waals surface area contributed by atoms with Gasteiger partial charge >= 0.3 is 6.09 Å². The van der Waals surface area contributed by atoms with E-state index in [4.69, 9.17) is 16.3 Å². The first-order chi connectivity index (χ1) is 19.5. The zero-order valence-corrected chi connectivity index (χ0v) is 23.8. The number of nitrogens with one attached hydrogen (secondary N) is 4. The molecule has 0 fully saturated rings. The fourth-order valence-corrected chi connectivity index (χ4v) is 4.32. The lowest BCUT2D eigenvalue weighted by Crippen LogP contribution is -2.41. The molecule has 0 radical (unpaired) electrons. The van der Waals surface area contributed by atoms with Crippen LogP contribution in [-0.2, 0) is 22.5 Å². The molecule has 216 valence electrons. The van der Waals surface area contributed by atoms with E-state index in [0.29, 0.717) is 52.1 Å². The van der Waals surface area contributed by atoms with Gasteiger partial charge in [-0.15, -0.1) is 0 Å². The topological polar surface area (TPSA) is 138 Å². The average Bonchev–Trinajstić information content (AvgIpc) is 3.28. The summed E-state index contributed by atoms with van der Waals surface area (Å²) < 4.78 is 19.6. The number of aliphatic imine (C=N–C) groups is 1. The van der Waals surface area contributed by atoms with Crippen LogP contribution in [0.25, 0.3) is 10.9 Å². The molecular weight excluding hydrogens is 551 g/mol. The number of alkyl carbamates (subject to hydrolysis) is 1. The van der Waals surface area contributed by atoms with Crippen molar-refractivity contribution in [1.82, 2.24) is 25.9 Å². The number of fused-ring (bicyclic) bond motifs is 1. The molecule has 0 atom stereocenters. The number of aromatic amines is 1. The molecule has 0 saturated carbocycles. The van der Waals surface area contributed by atoms with E-state index in [2.05, 4.69) is 30.9 Å². The molecule has 10 nitrogen and oxygen atoms in total. The maximum Gasteiger partial charge on any atom is 0.408 e. The third-order valence-electron chi connectivity index (χ3n) is 6.14. The number of nitrogens with zero attached hydrogens (tertiary/aromatic N) is 2. The van der Waals surface area contributed by atoms with Gasteiger partial charge in [0.1, 0.15) is 18.0 Å². The van der Waals surface area contributed by atoms with Gasteiger partial charge in [0.25, 0.3) is 5.91 Å². The minimum Gasteiger partial charge on any atom is -0.444 e. The third kappa shape index (κ3) is 8.62. The molecule has 0 aliphatic carbocycles. The summed E-state index contributed by atoms with van der Waals surface area (Å²) in [5.41, 5.74) is 3.25. The summed E-state index contributed by atoms with van der Waals surface area (Å²) in [6, 6.07) is 6.29. The number of carbonyl (C=O) groups excluding carboxylic acids is 3. The fraction of sp³-hybridized carbons (Fsp3) is 0.345. The van der Waals surface area contributed by atoms with Gasteiger partial charge in [0, 0.05) is 65.2 Å². The van der Waals surface area contributed by atoms with Crippen LogP contribution in [0.1, 0.15) is 48.8 Å². The van der Waals surface area contributed by atoms with Gasteiger partial charge in [-0.1, -0.05) is 17.7 Å². The first kappa shape index (κ1) is 29.7. The molecule has 1 aliphatic heterocycles. The van der Waals surface area contributed by atoms with Crippen molar-refractivity contribution < 1.29 is 23.5 Å². The first-order valence-corrected chi connectivity index (χ1v) is 13.5. The maximum atomic E-state index is 14.5. The van der Waals surface area contributed by atoms with Crippen molar-refractivity contribution in [1.29, 1.82) is 0 Å². The van der Waals surface area contributed by atoms with Crippen LogP contribution >= 0.6 is 11.6 Å². The van der Waals surface area contributed by atoms with Crippen molar-refractivity contribution in [2.75, 3.05) is 19.6 Å². The van der Waals surface area contributed by atoms with Gasteiger partial charge in [0.05, 0.1) is 18.1 Å². The second-order valence-corrected chi connectivity index (χ2v) is 11.0. The molecular formula is C29H32ClFN6O4. The van der Waals surface area contributed by atoms with Crippen molar-refractivity contribution >= 4 is 46.1 Å². The van der Waals surface area contributed by atoms with Crippen LogP contribution in [-0.4, -0.2) is 58.8 Å². The number of pyridine rings is 1. The summed E-state index contributed by atoms with van der Waals surface area (Å²) in [5, 5.41) is 9.08. The Hall–Kier alpha value is -4.25. The highest BCUT2D eigenvalue weighted by molar-refractivity contribution is 6.35. The number of carbonyl (C=O) groups is 3. The van der Waals surface area contributed by atoms with Crippen molar-refractivity contribution in [2.24, 2.45) is 4.99 Å². The lowest BCUT2D eigenvalue weighted by atomic mass is 10.0. The Morgan fingerprint density at radius 2 is 1.93 bits per heavy atom. The molecule has 2 aromatic heterocycles. The number of dihydropyridines is 1. The molecule has 3 aromatic rings. The highest BCUT2D eigenvalue weighted by Gasteiger charge is 2.17. The van der Waals surface area contributed by atoms with Crippen molar-refractivity contribution in [3.8, 4) is 0 Å². The van der Waals surface area contributed by atoms with Crippen molar-refractivity contribution in [3.05, 3.63) is 76.0 Å². The van der Waals surface area contributed by atoms with Gasteiger partial charge in [-0.25, -0.2) is 9.18 Å². The van der Waals surface area contributed by atoms with Crippen LogP contribution in [0.2, 0.25) is 5.02 Å². The molecule has 1 aliphatic rings. The van der Waals surface area contributed by atoms with Gasteiger partial charge < -0.3 is 25.7 Å². The van der Waals surface area contributed by atoms with E-state index in [0.717, 1.165) is 11.3 Å². The van der Waals surface area contributed by atoms with Crippen molar-refractivity contribution in [3.63, 3.8) is 0 Å². The van der Waals surface area contributed by atoms with Gasteiger partial charge in [-0.05, 0) is 50.6 Å². The smallest absolute Gasteiger partial charge is 0.408 e. The number of amides is 3. The number of ether oxygens (including phenoxy) is 1. The summed E-state index contributed by atoms with van der Waals surface area (Å²) >= 11 is 6.13. The predicted octanol–water partition coefficient (Wildman–Crippen LogP) is 4.24. The molecule has 4 N–H and O–H groups in total. The number of benzene rings is 1. The van der Waals surface area contributed by atoms with Crippen molar-refractivity contribution in [2.45, 2.75) is 45.8 Å².